The molecule has 0 unspecified atom stereocenters. The van der Waals surface area contributed by atoms with E-state index in [0.29, 0.717) is 17.9 Å². The Morgan fingerprint density at radius 3 is 3.10 bits per heavy atom. The molecular formula is C13H13N5O2S. The second kappa shape index (κ2) is 5.49. The third-order valence-corrected chi connectivity index (χ3v) is 4.05. The number of nitrogens with zero attached hydrogens (tertiary/aromatic N) is 3. The van der Waals surface area contributed by atoms with Crippen molar-refractivity contribution < 1.29 is 4.79 Å². The van der Waals surface area contributed by atoms with Gasteiger partial charge in [0.25, 0.3) is 11.5 Å². The number of amides is 1. The lowest BCUT2D eigenvalue weighted by Crippen LogP contribution is -2.32. The number of H-pyrrole nitrogens is 1. The lowest BCUT2D eigenvalue weighted by atomic mass is 10.3. The quantitative estimate of drug-likeness (QED) is 0.744. The molecule has 0 saturated carbocycles. The zero-order valence-electron chi connectivity index (χ0n) is 11.3. The van der Waals surface area contributed by atoms with E-state index in [2.05, 4.69) is 20.3 Å². The van der Waals surface area contributed by atoms with Crippen molar-refractivity contribution in [1.82, 2.24) is 24.7 Å². The minimum atomic E-state index is -0.410. The summed E-state index contributed by atoms with van der Waals surface area (Å²) in [5, 5.41) is 4.55. The average molecular weight is 303 g/mol. The first-order chi connectivity index (χ1) is 10.2. The Hall–Kier alpha value is -2.48. The molecule has 0 atom stereocenters. The van der Waals surface area contributed by atoms with Gasteiger partial charge in [-0.3, -0.25) is 14.0 Å². The maximum absolute atomic E-state index is 12.3. The molecule has 8 heteroatoms. The molecule has 2 N–H and O–H groups in total. The van der Waals surface area contributed by atoms with E-state index in [1.807, 2.05) is 12.3 Å². The number of fused-ring (bicyclic) bond motifs is 1. The summed E-state index contributed by atoms with van der Waals surface area (Å²) in [5.74, 6) is -0.410. The number of aryl methyl sites for hydroxylation is 1. The molecule has 3 rings (SSSR count). The Balaban J connectivity index is 1.77. The molecule has 3 heterocycles. The van der Waals surface area contributed by atoms with Crippen molar-refractivity contribution in [2.45, 2.75) is 13.3 Å². The van der Waals surface area contributed by atoms with Gasteiger partial charge in [-0.25, -0.2) is 9.97 Å². The molecular weight excluding hydrogens is 290 g/mol. The van der Waals surface area contributed by atoms with E-state index in [4.69, 9.17) is 0 Å². The monoisotopic (exact) mass is 303 g/mol. The number of imidazole rings is 1. The van der Waals surface area contributed by atoms with E-state index >= 15 is 0 Å². The van der Waals surface area contributed by atoms with Gasteiger partial charge in [-0.15, -0.1) is 11.3 Å². The highest BCUT2D eigenvalue weighted by Gasteiger charge is 2.14. The molecule has 7 nitrogen and oxygen atoms in total. The first-order valence-corrected chi connectivity index (χ1v) is 7.26. The van der Waals surface area contributed by atoms with Crippen LogP contribution in [-0.2, 0) is 6.42 Å². The normalized spacial score (nSPS) is 10.9. The number of aromatic nitrogens is 4. The number of nitrogens with one attached hydrogen (secondary N) is 2. The molecule has 0 aromatic carbocycles. The standard InChI is InChI=1S/C13H13N5O2S/c1-8-6-21-13-16-5-10(12(20)18(8)13)11(19)15-3-2-9-4-14-7-17-9/h4-7H,2-3H2,1H3,(H,14,17)(H,15,19). The van der Waals surface area contributed by atoms with Crippen molar-refractivity contribution in [1.29, 1.82) is 0 Å². The van der Waals surface area contributed by atoms with E-state index in [1.54, 1.807) is 12.5 Å². The summed E-state index contributed by atoms with van der Waals surface area (Å²) in [6.45, 7) is 2.23. The maximum atomic E-state index is 12.3. The van der Waals surface area contributed by atoms with Crippen LogP contribution in [0.2, 0.25) is 0 Å². The molecule has 3 aromatic rings. The molecule has 0 aliphatic heterocycles. The largest absolute Gasteiger partial charge is 0.351 e. The minimum absolute atomic E-state index is 0.0543. The molecule has 0 aliphatic carbocycles. The van der Waals surface area contributed by atoms with E-state index in [0.717, 1.165) is 11.4 Å². The predicted octanol–water partition coefficient (Wildman–Crippen LogP) is 0.760. The zero-order chi connectivity index (χ0) is 14.8. The van der Waals surface area contributed by atoms with Gasteiger partial charge in [-0.2, -0.15) is 0 Å². The Kier molecular flexibility index (Phi) is 3.53. The highest BCUT2D eigenvalue weighted by atomic mass is 32.1. The SMILES string of the molecule is Cc1csc2ncc(C(=O)NCCc3cnc[nH]3)c(=O)n12. The highest BCUT2D eigenvalue weighted by molar-refractivity contribution is 7.15. The Bertz CT molecular complexity index is 834. The number of aromatic amines is 1. The summed E-state index contributed by atoms with van der Waals surface area (Å²) in [7, 11) is 0. The van der Waals surface area contributed by atoms with Crippen LogP contribution in [0.5, 0.6) is 0 Å². The zero-order valence-corrected chi connectivity index (χ0v) is 12.1. The summed E-state index contributed by atoms with van der Waals surface area (Å²) in [6.07, 6.45) is 5.24. The van der Waals surface area contributed by atoms with E-state index < -0.39 is 5.91 Å². The third-order valence-electron chi connectivity index (χ3n) is 3.10. The van der Waals surface area contributed by atoms with Gasteiger partial charge in [-0.1, -0.05) is 0 Å². The molecule has 0 fully saturated rings. The van der Waals surface area contributed by atoms with Crippen LogP contribution >= 0.6 is 11.3 Å². The number of carbonyl (C=O) groups is 1. The van der Waals surface area contributed by atoms with E-state index in [-0.39, 0.29) is 11.1 Å². The summed E-state index contributed by atoms with van der Waals surface area (Å²) in [4.78, 5) is 36.0. The highest BCUT2D eigenvalue weighted by Crippen LogP contribution is 2.10. The molecule has 108 valence electrons. The molecule has 0 radical (unpaired) electrons. The van der Waals surface area contributed by atoms with E-state index in [9.17, 15) is 9.59 Å². The smallest absolute Gasteiger partial charge is 0.271 e. The van der Waals surface area contributed by atoms with Crippen molar-refractivity contribution in [2.24, 2.45) is 0 Å². The number of hydrogen-bond acceptors (Lipinski definition) is 5. The van der Waals surface area contributed by atoms with Gasteiger partial charge in [0.15, 0.2) is 4.96 Å². The van der Waals surface area contributed by atoms with Crippen LogP contribution in [0.25, 0.3) is 4.96 Å². The van der Waals surface area contributed by atoms with Crippen LogP contribution in [0.1, 0.15) is 21.7 Å². The fourth-order valence-electron chi connectivity index (χ4n) is 2.01. The molecule has 1 amide bonds. The van der Waals surface area contributed by atoms with Crippen molar-refractivity contribution >= 4 is 22.2 Å². The van der Waals surface area contributed by atoms with Gasteiger partial charge in [0.05, 0.1) is 6.33 Å². The Morgan fingerprint density at radius 2 is 2.33 bits per heavy atom. The molecule has 0 bridgehead atoms. The summed E-state index contributed by atoms with van der Waals surface area (Å²) < 4.78 is 1.45. The van der Waals surface area contributed by atoms with Crippen molar-refractivity contribution in [3.05, 3.63) is 51.4 Å². The van der Waals surface area contributed by atoms with Crippen LogP contribution in [-0.4, -0.2) is 31.8 Å². The lowest BCUT2D eigenvalue weighted by Gasteiger charge is -2.04. The fraction of sp³-hybridized carbons (Fsp3) is 0.231. The predicted molar refractivity (Wildman–Crippen MR) is 78.7 cm³/mol. The van der Waals surface area contributed by atoms with E-state index in [1.165, 1.54) is 21.9 Å². The summed E-state index contributed by atoms with van der Waals surface area (Å²) in [5.41, 5.74) is 1.42. The molecule has 3 aromatic heterocycles. The van der Waals surface area contributed by atoms with Gasteiger partial charge < -0.3 is 10.3 Å². The van der Waals surface area contributed by atoms with Gasteiger partial charge in [0.2, 0.25) is 0 Å². The number of carbonyl (C=O) groups excluding carboxylic acids is 1. The first kappa shape index (κ1) is 13.5. The average Bonchev–Trinajstić information content (AvgIpc) is 3.09. The minimum Gasteiger partial charge on any atom is -0.351 e. The van der Waals surface area contributed by atoms with Crippen LogP contribution in [0, 0.1) is 6.92 Å². The molecule has 0 saturated heterocycles. The topological polar surface area (TPSA) is 92.2 Å². The van der Waals surface area contributed by atoms with Crippen LogP contribution < -0.4 is 10.9 Å². The van der Waals surface area contributed by atoms with Crippen LogP contribution in [0.15, 0.2) is 28.9 Å². The van der Waals surface area contributed by atoms with Gasteiger partial charge in [0.1, 0.15) is 5.56 Å². The number of thiazole rings is 1. The van der Waals surface area contributed by atoms with Crippen molar-refractivity contribution in [3.63, 3.8) is 0 Å². The molecule has 0 spiro atoms. The lowest BCUT2D eigenvalue weighted by molar-refractivity contribution is 0.0952. The van der Waals surface area contributed by atoms with Gasteiger partial charge in [-0.05, 0) is 6.92 Å². The number of hydrogen-bond donors (Lipinski definition) is 2. The van der Waals surface area contributed by atoms with Crippen molar-refractivity contribution in [3.8, 4) is 0 Å². The maximum Gasteiger partial charge on any atom is 0.271 e. The molecule has 0 aliphatic rings. The fourth-order valence-corrected chi connectivity index (χ4v) is 2.84. The second-order valence-electron chi connectivity index (χ2n) is 4.55. The first-order valence-electron chi connectivity index (χ1n) is 6.38. The summed E-state index contributed by atoms with van der Waals surface area (Å²) in [6, 6.07) is 0. The van der Waals surface area contributed by atoms with Crippen LogP contribution in [0.4, 0.5) is 0 Å². The Morgan fingerprint density at radius 1 is 1.48 bits per heavy atom. The molecule has 21 heavy (non-hydrogen) atoms. The summed E-state index contributed by atoms with van der Waals surface area (Å²) >= 11 is 1.37. The van der Waals surface area contributed by atoms with Crippen molar-refractivity contribution in [2.75, 3.05) is 6.54 Å². The van der Waals surface area contributed by atoms with Gasteiger partial charge >= 0.3 is 0 Å². The Labute approximate surface area is 123 Å². The number of rotatable bonds is 4. The van der Waals surface area contributed by atoms with Gasteiger partial charge in [0, 0.05) is 42.1 Å². The van der Waals surface area contributed by atoms with Crippen LogP contribution in [0.3, 0.4) is 0 Å². The third kappa shape index (κ3) is 2.57. The second-order valence-corrected chi connectivity index (χ2v) is 5.39.